The van der Waals surface area contributed by atoms with Crippen molar-refractivity contribution < 1.29 is 8.78 Å². The maximum Gasteiger partial charge on any atom is 0.161 e. The Kier molecular flexibility index (Phi) is 3.72. The molecule has 0 aliphatic heterocycles. The third-order valence-corrected chi connectivity index (χ3v) is 5.24. The Hall–Kier alpha value is -3.34. The van der Waals surface area contributed by atoms with Crippen molar-refractivity contribution in [3.8, 4) is 11.3 Å². The van der Waals surface area contributed by atoms with Gasteiger partial charge in [-0.2, -0.15) is 0 Å². The Balaban J connectivity index is 1.98. The molecule has 29 heavy (non-hydrogen) atoms. The molecule has 0 saturated carbocycles. The average Bonchev–Trinajstić information content (AvgIpc) is 3.05. The van der Waals surface area contributed by atoms with Crippen LogP contribution in [0.5, 0.6) is 0 Å². The van der Waals surface area contributed by atoms with E-state index < -0.39 is 11.6 Å². The van der Waals surface area contributed by atoms with Gasteiger partial charge in [0.2, 0.25) is 0 Å². The monoisotopic (exact) mass is 387 g/mol. The summed E-state index contributed by atoms with van der Waals surface area (Å²) < 4.78 is 29.8. The summed E-state index contributed by atoms with van der Waals surface area (Å²) in [6.45, 7) is 6.35. The van der Waals surface area contributed by atoms with Gasteiger partial charge in [0.05, 0.1) is 16.7 Å². The minimum Gasteiger partial charge on any atom is -0.292 e. The van der Waals surface area contributed by atoms with Crippen LogP contribution in [0.3, 0.4) is 0 Å². The molecule has 0 amide bonds. The lowest BCUT2D eigenvalue weighted by Crippen LogP contribution is -2.13. The number of hydrogen-bond acceptors (Lipinski definition) is 2. The molecule has 0 unspecified atom stereocenters. The van der Waals surface area contributed by atoms with E-state index in [0.29, 0.717) is 16.7 Å². The topological polar surface area (TPSA) is 30.2 Å². The molecule has 3 aromatic heterocycles. The molecule has 0 fully saturated rings. The molecule has 144 valence electrons. The van der Waals surface area contributed by atoms with E-state index >= 15 is 0 Å². The average molecular weight is 387 g/mol. The quantitative estimate of drug-likeness (QED) is 0.339. The highest BCUT2D eigenvalue weighted by Gasteiger charge is 2.20. The van der Waals surface area contributed by atoms with E-state index in [9.17, 15) is 8.78 Å². The van der Waals surface area contributed by atoms with E-state index in [0.717, 1.165) is 33.8 Å². The van der Waals surface area contributed by atoms with Gasteiger partial charge in [-0.1, -0.05) is 51.1 Å². The molecular weight excluding hydrogens is 368 g/mol. The molecule has 0 bridgehead atoms. The van der Waals surface area contributed by atoms with Gasteiger partial charge in [0.15, 0.2) is 11.6 Å². The smallest absolute Gasteiger partial charge is 0.161 e. The molecule has 5 aromatic rings. The van der Waals surface area contributed by atoms with Gasteiger partial charge in [-0.25, -0.2) is 13.8 Å². The van der Waals surface area contributed by atoms with Crippen LogP contribution in [0, 0.1) is 11.6 Å². The standard InChI is InChI=1S/C24H19F2N3/c1-24(2,3)22-10-15-9-20(14-7-5-4-6-8-14)29-21-12-18(26)17(25)11-19(21)28-23(29)16(15)13-27-22/h4-13H,1-3H3. The summed E-state index contributed by atoms with van der Waals surface area (Å²) in [5, 5.41) is 1.84. The Bertz CT molecular complexity index is 1400. The fraction of sp³-hybridized carbons (Fsp3) is 0.167. The van der Waals surface area contributed by atoms with Crippen LogP contribution >= 0.6 is 0 Å². The molecule has 3 heterocycles. The number of imidazole rings is 1. The Morgan fingerprint density at radius 3 is 2.34 bits per heavy atom. The van der Waals surface area contributed by atoms with Crippen LogP contribution in [0.2, 0.25) is 0 Å². The lowest BCUT2D eigenvalue weighted by atomic mass is 9.90. The summed E-state index contributed by atoms with van der Waals surface area (Å²) in [4.78, 5) is 9.27. The molecule has 0 aliphatic carbocycles. The van der Waals surface area contributed by atoms with E-state index in [1.165, 1.54) is 6.07 Å². The first-order valence-electron chi connectivity index (χ1n) is 9.49. The van der Waals surface area contributed by atoms with Gasteiger partial charge < -0.3 is 0 Å². The number of hydrogen-bond donors (Lipinski definition) is 0. The fourth-order valence-electron chi connectivity index (χ4n) is 3.72. The maximum absolute atomic E-state index is 14.1. The third-order valence-electron chi connectivity index (χ3n) is 5.24. The van der Waals surface area contributed by atoms with Crippen LogP contribution in [-0.4, -0.2) is 14.4 Å². The van der Waals surface area contributed by atoms with Crippen LogP contribution in [0.4, 0.5) is 8.78 Å². The Morgan fingerprint density at radius 2 is 1.62 bits per heavy atom. The molecule has 0 N–H and O–H groups in total. The predicted molar refractivity (Wildman–Crippen MR) is 112 cm³/mol. The second-order valence-corrected chi connectivity index (χ2v) is 8.33. The maximum atomic E-state index is 14.1. The molecule has 2 aromatic carbocycles. The molecule has 0 spiro atoms. The minimum atomic E-state index is -0.903. The summed E-state index contributed by atoms with van der Waals surface area (Å²) in [6.07, 6.45) is 1.80. The van der Waals surface area contributed by atoms with Crippen LogP contribution in [0.15, 0.2) is 60.8 Å². The Labute approximate surface area is 166 Å². The van der Waals surface area contributed by atoms with Crippen molar-refractivity contribution in [3.05, 3.63) is 78.1 Å². The molecular formula is C24H19F2N3. The van der Waals surface area contributed by atoms with Crippen molar-refractivity contribution in [1.29, 1.82) is 0 Å². The van der Waals surface area contributed by atoms with E-state index in [2.05, 4.69) is 42.9 Å². The number of halogens is 2. The summed E-state index contributed by atoms with van der Waals surface area (Å²) in [5.41, 5.74) is 4.29. The summed E-state index contributed by atoms with van der Waals surface area (Å²) >= 11 is 0. The minimum absolute atomic E-state index is 0.0976. The molecule has 0 aliphatic rings. The molecule has 0 saturated heterocycles. The SMILES string of the molecule is CC(C)(C)c1cc2cc(-c3ccccc3)n3c4cc(F)c(F)cc4nc3c2cn1. The highest BCUT2D eigenvalue weighted by atomic mass is 19.2. The molecule has 0 radical (unpaired) electrons. The van der Waals surface area contributed by atoms with Gasteiger partial charge in [0.1, 0.15) is 5.65 Å². The van der Waals surface area contributed by atoms with Crippen molar-refractivity contribution in [3.63, 3.8) is 0 Å². The van der Waals surface area contributed by atoms with Crippen molar-refractivity contribution in [2.75, 3.05) is 0 Å². The molecule has 3 nitrogen and oxygen atoms in total. The second-order valence-electron chi connectivity index (χ2n) is 8.33. The lowest BCUT2D eigenvalue weighted by Gasteiger charge is -2.18. The molecule has 5 heteroatoms. The van der Waals surface area contributed by atoms with Gasteiger partial charge in [0, 0.05) is 34.8 Å². The number of fused-ring (bicyclic) bond motifs is 5. The Morgan fingerprint density at radius 1 is 0.897 bits per heavy atom. The molecule has 0 atom stereocenters. The van der Waals surface area contributed by atoms with Crippen molar-refractivity contribution in [2.24, 2.45) is 0 Å². The van der Waals surface area contributed by atoms with Gasteiger partial charge >= 0.3 is 0 Å². The van der Waals surface area contributed by atoms with Gasteiger partial charge in [-0.3, -0.25) is 9.38 Å². The van der Waals surface area contributed by atoms with Crippen molar-refractivity contribution in [1.82, 2.24) is 14.4 Å². The van der Waals surface area contributed by atoms with E-state index in [1.54, 1.807) is 6.20 Å². The summed E-state index contributed by atoms with van der Waals surface area (Å²) in [5.74, 6) is -1.79. The first-order chi connectivity index (χ1) is 13.8. The van der Waals surface area contributed by atoms with E-state index in [1.807, 2.05) is 34.7 Å². The molecule has 5 rings (SSSR count). The summed E-state index contributed by atoms with van der Waals surface area (Å²) in [7, 11) is 0. The number of benzene rings is 2. The second kappa shape index (κ2) is 6.08. The van der Waals surface area contributed by atoms with Crippen LogP contribution in [0.1, 0.15) is 26.5 Å². The first-order valence-corrected chi connectivity index (χ1v) is 9.49. The zero-order valence-corrected chi connectivity index (χ0v) is 16.4. The largest absolute Gasteiger partial charge is 0.292 e. The number of nitrogens with zero attached hydrogens (tertiary/aromatic N) is 3. The highest BCUT2D eigenvalue weighted by Crippen LogP contribution is 2.33. The predicted octanol–water partition coefficient (Wildman–Crippen LogP) is 6.28. The lowest BCUT2D eigenvalue weighted by molar-refractivity contribution is 0.510. The van der Waals surface area contributed by atoms with Gasteiger partial charge in [0.25, 0.3) is 0 Å². The number of rotatable bonds is 1. The fourth-order valence-corrected chi connectivity index (χ4v) is 3.72. The number of pyridine rings is 2. The van der Waals surface area contributed by atoms with E-state index in [-0.39, 0.29) is 5.41 Å². The van der Waals surface area contributed by atoms with Crippen molar-refractivity contribution in [2.45, 2.75) is 26.2 Å². The van der Waals surface area contributed by atoms with Gasteiger partial charge in [-0.05, 0) is 23.1 Å². The summed E-state index contributed by atoms with van der Waals surface area (Å²) in [6, 6.07) is 16.4. The number of aromatic nitrogens is 3. The van der Waals surface area contributed by atoms with Crippen LogP contribution in [-0.2, 0) is 5.41 Å². The van der Waals surface area contributed by atoms with E-state index in [4.69, 9.17) is 0 Å². The zero-order chi connectivity index (χ0) is 20.3. The normalized spacial score (nSPS) is 12.3. The van der Waals surface area contributed by atoms with Crippen LogP contribution < -0.4 is 0 Å². The zero-order valence-electron chi connectivity index (χ0n) is 16.4. The van der Waals surface area contributed by atoms with Crippen LogP contribution in [0.25, 0.3) is 38.7 Å². The first kappa shape index (κ1) is 17.7. The third kappa shape index (κ3) is 2.77. The van der Waals surface area contributed by atoms with Crippen molar-refractivity contribution >= 4 is 27.5 Å². The highest BCUT2D eigenvalue weighted by molar-refractivity contribution is 6.01. The van der Waals surface area contributed by atoms with Gasteiger partial charge in [-0.15, -0.1) is 0 Å².